The van der Waals surface area contributed by atoms with Gasteiger partial charge in [-0.1, -0.05) is 26.0 Å². The molecule has 4 N–H and O–H groups in total. The van der Waals surface area contributed by atoms with Crippen molar-refractivity contribution < 1.29 is 13.2 Å². The zero-order valence-corrected chi connectivity index (χ0v) is 14.1. The highest BCUT2D eigenvalue weighted by molar-refractivity contribution is 7.88. The number of primary sulfonamides is 1. The van der Waals surface area contributed by atoms with Crippen molar-refractivity contribution in [3.05, 3.63) is 35.4 Å². The molecule has 1 aromatic rings. The van der Waals surface area contributed by atoms with E-state index in [2.05, 4.69) is 0 Å². The van der Waals surface area contributed by atoms with Gasteiger partial charge in [-0.15, -0.1) is 0 Å². The van der Waals surface area contributed by atoms with E-state index in [1.54, 1.807) is 36.2 Å². The fourth-order valence-corrected chi connectivity index (χ4v) is 2.67. The second-order valence-corrected chi connectivity index (χ2v) is 7.55. The molecular formula is C15H25N3O3S. The van der Waals surface area contributed by atoms with Crippen LogP contribution in [0.15, 0.2) is 24.3 Å². The van der Waals surface area contributed by atoms with Gasteiger partial charge in [0.1, 0.15) is 0 Å². The van der Waals surface area contributed by atoms with Crippen molar-refractivity contribution in [3.8, 4) is 0 Å². The number of hydrogen-bond acceptors (Lipinski definition) is 4. The predicted octanol–water partition coefficient (Wildman–Crippen LogP) is 0.921. The Bertz CT molecular complexity index is 614. The summed E-state index contributed by atoms with van der Waals surface area (Å²) >= 11 is 0. The van der Waals surface area contributed by atoms with Crippen LogP contribution in [-0.2, 0) is 15.8 Å². The van der Waals surface area contributed by atoms with E-state index in [1.807, 2.05) is 13.8 Å². The van der Waals surface area contributed by atoms with E-state index in [0.29, 0.717) is 23.6 Å². The second-order valence-electron chi connectivity index (χ2n) is 5.93. The summed E-state index contributed by atoms with van der Waals surface area (Å²) in [4.78, 5) is 13.9. The van der Waals surface area contributed by atoms with Gasteiger partial charge in [-0.3, -0.25) is 4.79 Å². The molecule has 0 radical (unpaired) electrons. The lowest BCUT2D eigenvalue weighted by Gasteiger charge is -2.21. The Hall–Kier alpha value is -1.44. The first-order valence-electron chi connectivity index (χ1n) is 7.20. The molecule has 0 saturated heterocycles. The molecule has 0 heterocycles. The first-order valence-corrected chi connectivity index (χ1v) is 8.92. The number of rotatable bonds is 7. The molecule has 6 nitrogen and oxygen atoms in total. The summed E-state index contributed by atoms with van der Waals surface area (Å²) in [7, 11) is -1.90. The molecule has 0 fully saturated rings. The molecule has 124 valence electrons. The lowest BCUT2D eigenvalue weighted by atomic mass is 10.0. The van der Waals surface area contributed by atoms with Gasteiger partial charge in [0.2, 0.25) is 10.0 Å². The maximum Gasteiger partial charge on any atom is 0.253 e. The number of sulfonamides is 1. The van der Waals surface area contributed by atoms with Crippen LogP contribution < -0.4 is 10.9 Å². The zero-order chi connectivity index (χ0) is 16.9. The first kappa shape index (κ1) is 18.6. The van der Waals surface area contributed by atoms with Crippen LogP contribution in [0.1, 0.15) is 36.2 Å². The van der Waals surface area contributed by atoms with Crippen molar-refractivity contribution in [1.29, 1.82) is 0 Å². The third kappa shape index (κ3) is 6.13. The molecule has 0 aliphatic rings. The van der Waals surface area contributed by atoms with Crippen molar-refractivity contribution >= 4 is 15.9 Å². The Morgan fingerprint density at radius 3 is 2.50 bits per heavy atom. The third-order valence-electron chi connectivity index (χ3n) is 3.54. The fourth-order valence-electron chi connectivity index (χ4n) is 2.02. The molecule has 1 aromatic carbocycles. The molecule has 0 aliphatic carbocycles. The van der Waals surface area contributed by atoms with E-state index in [-0.39, 0.29) is 17.7 Å². The third-order valence-corrected chi connectivity index (χ3v) is 4.28. The number of carbonyl (C=O) groups is 1. The quantitative estimate of drug-likeness (QED) is 0.776. The first-order chi connectivity index (χ1) is 10.1. The summed E-state index contributed by atoms with van der Waals surface area (Å²) in [5.74, 6) is -0.0791. The lowest BCUT2D eigenvalue weighted by molar-refractivity contribution is 0.0789. The smallest absolute Gasteiger partial charge is 0.253 e. The number of nitrogens with two attached hydrogens (primary N) is 2. The molecule has 0 spiro atoms. The molecule has 1 unspecified atom stereocenters. The van der Waals surface area contributed by atoms with E-state index >= 15 is 0 Å². The monoisotopic (exact) mass is 327 g/mol. The van der Waals surface area contributed by atoms with E-state index in [1.165, 1.54) is 0 Å². The summed E-state index contributed by atoms with van der Waals surface area (Å²) in [6.45, 7) is 4.64. The zero-order valence-electron chi connectivity index (χ0n) is 13.3. The van der Waals surface area contributed by atoms with Crippen LogP contribution in [0.2, 0.25) is 0 Å². The van der Waals surface area contributed by atoms with E-state index in [9.17, 15) is 13.2 Å². The minimum atomic E-state index is -3.61. The Kier molecular flexibility index (Phi) is 6.52. The molecular weight excluding hydrogens is 302 g/mol. The number of benzene rings is 1. The molecule has 0 bridgehead atoms. The summed E-state index contributed by atoms with van der Waals surface area (Å²) in [5.41, 5.74) is 6.93. The van der Waals surface area contributed by atoms with Gasteiger partial charge in [0, 0.05) is 25.2 Å². The van der Waals surface area contributed by atoms with Crippen LogP contribution in [0.25, 0.3) is 0 Å². The number of amides is 1. The van der Waals surface area contributed by atoms with Crippen molar-refractivity contribution in [2.45, 2.75) is 32.1 Å². The van der Waals surface area contributed by atoms with Gasteiger partial charge < -0.3 is 10.6 Å². The van der Waals surface area contributed by atoms with Gasteiger partial charge in [-0.25, -0.2) is 13.6 Å². The van der Waals surface area contributed by atoms with Crippen molar-refractivity contribution in [1.82, 2.24) is 4.90 Å². The van der Waals surface area contributed by atoms with Crippen LogP contribution in [0, 0.1) is 5.92 Å². The van der Waals surface area contributed by atoms with E-state index < -0.39 is 10.0 Å². The van der Waals surface area contributed by atoms with Gasteiger partial charge in [-0.2, -0.15) is 0 Å². The minimum absolute atomic E-state index is 0.0453. The summed E-state index contributed by atoms with van der Waals surface area (Å²) in [5, 5.41) is 5.03. The summed E-state index contributed by atoms with van der Waals surface area (Å²) in [6, 6.07) is 6.56. The van der Waals surface area contributed by atoms with Gasteiger partial charge in [0.15, 0.2) is 0 Å². The normalized spacial score (nSPS) is 13.2. The Labute approximate surface area is 132 Å². The van der Waals surface area contributed by atoms with Crippen molar-refractivity contribution in [2.75, 3.05) is 13.6 Å². The molecule has 1 rings (SSSR count). The molecule has 0 aliphatic heterocycles. The van der Waals surface area contributed by atoms with Gasteiger partial charge in [0.25, 0.3) is 5.91 Å². The highest BCUT2D eigenvalue weighted by Crippen LogP contribution is 2.11. The Morgan fingerprint density at radius 1 is 1.32 bits per heavy atom. The Morgan fingerprint density at radius 2 is 1.95 bits per heavy atom. The predicted molar refractivity (Wildman–Crippen MR) is 87.6 cm³/mol. The molecule has 1 amide bonds. The average molecular weight is 327 g/mol. The van der Waals surface area contributed by atoms with Gasteiger partial charge in [0.05, 0.1) is 5.75 Å². The van der Waals surface area contributed by atoms with E-state index in [4.69, 9.17) is 10.9 Å². The number of nitrogens with zero attached hydrogens (tertiary/aromatic N) is 1. The molecule has 7 heteroatoms. The van der Waals surface area contributed by atoms with Crippen LogP contribution in [0.5, 0.6) is 0 Å². The van der Waals surface area contributed by atoms with Crippen molar-refractivity contribution in [2.24, 2.45) is 16.8 Å². The standard InChI is InChI=1S/C15H25N3O3S/c1-11(2)14(16)7-8-18(3)15(19)13-6-4-5-12(9-13)10-22(17,20)21/h4-6,9,11,14H,7-8,10,16H2,1-3H3,(H2,17,20,21). The van der Waals surface area contributed by atoms with Crippen LogP contribution in [0.3, 0.4) is 0 Å². The second kappa shape index (κ2) is 7.71. The van der Waals surface area contributed by atoms with Crippen molar-refractivity contribution in [3.63, 3.8) is 0 Å². The number of carbonyl (C=O) groups excluding carboxylic acids is 1. The molecule has 1 atom stereocenters. The largest absolute Gasteiger partial charge is 0.342 e. The van der Waals surface area contributed by atoms with E-state index in [0.717, 1.165) is 6.42 Å². The maximum atomic E-state index is 12.3. The van der Waals surface area contributed by atoms with Gasteiger partial charge >= 0.3 is 0 Å². The highest BCUT2D eigenvalue weighted by Gasteiger charge is 2.15. The molecule has 0 aromatic heterocycles. The molecule has 0 saturated carbocycles. The summed E-state index contributed by atoms with van der Waals surface area (Å²) < 4.78 is 22.3. The van der Waals surface area contributed by atoms with Crippen LogP contribution in [-0.4, -0.2) is 38.9 Å². The van der Waals surface area contributed by atoms with Crippen LogP contribution in [0.4, 0.5) is 0 Å². The lowest BCUT2D eigenvalue weighted by Crippen LogP contribution is -2.34. The average Bonchev–Trinajstić information content (AvgIpc) is 2.41. The molecule has 22 heavy (non-hydrogen) atoms. The summed E-state index contributed by atoms with van der Waals surface area (Å²) in [6.07, 6.45) is 0.719. The minimum Gasteiger partial charge on any atom is -0.342 e. The van der Waals surface area contributed by atoms with Gasteiger partial charge in [-0.05, 0) is 30.0 Å². The topological polar surface area (TPSA) is 106 Å². The maximum absolute atomic E-state index is 12.3. The highest BCUT2D eigenvalue weighted by atomic mass is 32.2. The SMILES string of the molecule is CC(C)C(N)CCN(C)C(=O)c1cccc(CS(N)(=O)=O)c1. The number of hydrogen-bond donors (Lipinski definition) is 2. The van der Waals surface area contributed by atoms with Crippen LogP contribution >= 0.6 is 0 Å². The fraction of sp³-hybridized carbons (Fsp3) is 0.533. The Balaban J connectivity index is 2.74.